The Kier molecular flexibility index (Phi) is 5.52. The molecule has 0 amide bonds. The first kappa shape index (κ1) is 21.4. The molecule has 0 saturated carbocycles. The molecule has 0 unspecified atom stereocenters. The van der Waals surface area contributed by atoms with E-state index < -0.39 is 5.97 Å². The van der Waals surface area contributed by atoms with Gasteiger partial charge >= 0.3 is 5.97 Å². The summed E-state index contributed by atoms with van der Waals surface area (Å²) in [6.07, 6.45) is 2.54. The smallest absolute Gasteiger partial charge is 0.348 e. The average Bonchev–Trinajstić information content (AvgIpc) is 3.52. The third-order valence-electron chi connectivity index (χ3n) is 5.63. The van der Waals surface area contributed by atoms with Gasteiger partial charge in [-0.3, -0.25) is 4.79 Å². The molecule has 33 heavy (non-hydrogen) atoms. The van der Waals surface area contributed by atoms with Crippen molar-refractivity contribution >= 4 is 55.8 Å². The summed E-state index contributed by atoms with van der Waals surface area (Å²) in [4.78, 5) is 29.9. The van der Waals surface area contributed by atoms with Gasteiger partial charge in [0.15, 0.2) is 6.61 Å². The van der Waals surface area contributed by atoms with Gasteiger partial charge in [0.1, 0.15) is 9.71 Å². The highest BCUT2D eigenvalue weighted by Gasteiger charge is 2.20. The van der Waals surface area contributed by atoms with Crippen molar-refractivity contribution in [3.05, 3.63) is 81.4 Å². The molecule has 0 fully saturated rings. The highest BCUT2D eigenvalue weighted by atomic mass is 35.5. The predicted octanol–water partition coefficient (Wildman–Crippen LogP) is 6.13. The minimum absolute atomic E-state index is 0.243. The van der Waals surface area contributed by atoms with Crippen LogP contribution in [0.3, 0.4) is 0 Å². The number of rotatable bonds is 6. The number of aryl methyl sites for hydroxylation is 2. The number of nitrogens with zero attached hydrogens (tertiary/aromatic N) is 2. The second-order valence-electron chi connectivity index (χ2n) is 7.70. The van der Waals surface area contributed by atoms with E-state index in [0.717, 1.165) is 44.5 Å². The van der Waals surface area contributed by atoms with Crippen molar-refractivity contribution < 1.29 is 14.3 Å². The van der Waals surface area contributed by atoms with E-state index in [0.29, 0.717) is 15.5 Å². The summed E-state index contributed by atoms with van der Waals surface area (Å²) in [6, 6.07) is 15.0. The van der Waals surface area contributed by atoms with E-state index in [2.05, 4.69) is 17.0 Å². The van der Waals surface area contributed by atoms with Crippen molar-refractivity contribution in [2.75, 3.05) is 6.61 Å². The zero-order valence-electron chi connectivity index (χ0n) is 18.0. The van der Waals surface area contributed by atoms with Crippen LogP contribution in [-0.2, 0) is 11.2 Å². The molecule has 1 N–H and O–H groups in total. The lowest BCUT2D eigenvalue weighted by molar-refractivity contribution is 0.0480. The lowest BCUT2D eigenvalue weighted by Gasteiger charge is -2.04. The highest BCUT2D eigenvalue weighted by molar-refractivity contribution is 7.20. The Labute approximate surface area is 198 Å². The number of ketones is 1. The molecule has 0 saturated heterocycles. The standard InChI is InChI=1S/C25H20ClN3O3S/c1-3-15-5-4-6-18-20(12-27-23(15)18)21(30)13-32-25(31)22-11-19-14(2)28-29(24(19)33-22)17-9-7-16(26)8-10-17/h4-12,27H,3,13H2,1-2H3. The van der Waals surface area contributed by atoms with Crippen LogP contribution in [-0.4, -0.2) is 33.1 Å². The van der Waals surface area contributed by atoms with Gasteiger partial charge in [0, 0.05) is 33.1 Å². The molecule has 3 aromatic heterocycles. The Bertz CT molecular complexity index is 1510. The van der Waals surface area contributed by atoms with Crippen molar-refractivity contribution in [2.24, 2.45) is 0 Å². The van der Waals surface area contributed by atoms with Crippen molar-refractivity contribution in [3.63, 3.8) is 0 Å². The number of hydrogen-bond donors (Lipinski definition) is 1. The van der Waals surface area contributed by atoms with Gasteiger partial charge in [-0.1, -0.05) is 36.7 Å². The van der Waals surface area contributed by atoms with Gasteiger partial charge < -0.3 is 9.72 Å². The zero-order chi connectivity index (χ0) is 23.1. The molecule has 0 bridgehead atoms. The molecule has 3 heterocycles. The molecule has 8 heteroatoms. The van der Waals surface area contributed by atoms with Gasteiger partial charge in [0.25, 0.3) is 0 Å². The fraction of sp³-hybridized carbons (Fsp3) is 0.160. The Balaban J connectivity index is 1.36. The summed E-state index contributed by atoms with van der Waals surface area (Å²) in [6.45, 7) is 3.64. The summed E-state index contributed by atoms with van der Waals surface area (Å²) in [5.41, 5.74) is 4.26. The van der Waals surface area contributed by atoms with Crippen LogP contribution in [0.15, 0.2) is 54.7 Å². The quantitative estimate of drug-likeness (QED) is 0.235. The topological polar surface area (TPSA) is 77.0 Å². The third kappa shape index (κ3) is 3.83. The number of para-hydroxylation sites is 1. The van der Waals surface area contributed by atoms with Crippen LogP contribution >= 0.6 is 22.9 Å². The fourth-order valence-electron chi connectivity index (χ4n) is 3.93. The molecule has 0 atom stereocenters. The monoisotopic (exact) mass is 477 g/mol. The van der Waals surface area contributed by atoms with Crippen molar-refractivity contribution in [1.82, 2.24) is 14.8 Å². The third-order valence-corrected chi connectivity index (χ3v) is 6.98. The van der Waals surface area contributed by atoms with Gasteiger partial charge in [-0.15, -0.1) is 11.3 Å². The molecule has 0 aliphatic carbocycles. The first-order valence-corrected chi connectivity index (χ1v) is 11.7. The highest BCUT2D eigenvalue weighted by Crippen LogP contribution is 2.31. The number of aromatic amines is 1. The maximum Gasteiger partial charge on any atom is 0.348 e. The molecule has 2 aromatic carbocycles. The Morgan fingerprint density at radius 2 is 1.94 bits per heavy atom. The number of ether oxygens (including phenoxy) is 1. The average molecular weight is 478 g/mol. The number of hydrogen-bond acceptors (Lipinski definition) is 5. The normalized spacial score (nSPS) is 11.4. The molecular formula is C25H20ClN3O3S. The van der Waals surface area contributed by atoms with Gasteiger partial charge in [-0.25, -0.2) is 9.48 Å². The SMILES string of the molecule is CCc1cccc2c(C(=O)COC(=O)c3cc4c(C)nn(-c5ccc(Cl)cc5)c4s3)c[nH]c12. The molecular weight excluding hydrogens is 458 g/mol. The van der Waals surface area contributed by atoms with Crippen LogP contribution in [0.5, 0.6) is 0 Å². The Morgan fingerprint density at radius 3 is 2.70 bits per heavy atom. The largest absolute Gasteiger partial charge is 0.453 e. The van der Waals surface area contributed by atoms with E-state index >= 15 is 0 Å². The first-order valence-electron chi connectivity index (χ1n) is 10.5. The molecule has 5 rings (SSSR count). The van der Waals surface area contributed by atoms with Crippen molar-refractivity contribution in [3.8, 4) is 5.69 Å². The molecule has 5 aromatic rings. The number of fused-ring (bicyclic) bond motifs is 2. The number of carbonyl (C=O) groups excluding carboxylic acids is 2. The van der Waals surface area contributed by atoms with E-state index in [4.69, 9.17) is 16.3 Å². The fourth-order valence-corrected chi connectivity index (χ4v) is 5.13. The van der Waals surface area contributed by atoms with Crippen molar-refractivity contribution in [1.29, 1.82) is 0 Å². The van der Waals surface area contributed by atoms with Gasteiger partial charge in [-0.05, 0) is 49.2 Å². The lowest BCUT2D eigenvalue weighted by atomic mass is 10.1. The molecule has 6 nitrogen and oxygen atoms in total. The van der Waals surface area contributed by atoms with Crippen LogP contribution in [0.25, 0.3) is 26.8 Å². The maximum absolute atomic E-state index is 12.8. The maximum atomic E-state index is 12.8. The van der Waals surface area contributed by atoms with E-state index in [9.17, 15) is 9.59 Å². The molecule has 0 spiro atoms. The number of Topliss-reactive ketones (excluding diaryl/α,β-unsaturated/α-hetero) is 1. The summed E-state index contributed by atoms with van der Waals surface area (Å²) in [7, 11) is 0. The van der Waals surface area contributed by atoms with E-state index in [1.807, 2.05) is 37.3 Å². The lowest BCUT2D eigenvalue weighted by Crippen LogP contribution is -2.13. The molecule has 166 valence electrons. The van der Waals surface area contributed by atoms with E-state index in [1.165, 1.54) is 11.3 Å². The van der Waals surface area contributed by atoms with Gasteiger partial charge in [0.05, 0.1) is 11.4 Å². The first-order chi connectivity index (χ1) is 16.0. The van der Waals surface area contributed by atoms with Crippen molar-refractivity contribution in [2.45, 2.75) is 20.3 Å². The van der Waals surface area contributed by atoms with E-state index in [-0.39, 0.29) is 12.4 Å². The molecule has 0 aliphatic heterocycles. The van der Waals surface area contributed by atoms with Gasteiger partial charge in [0.2, 0.25) is 5.78 Å². The molecule has 0 aliphatic rings. The second-order valence-corrected chi connectivity index (χ2v) is 9.17. The zero-order valence-corrected chi connectivity index (χ0v) is 19.6. The summed E-state index contributed by atoms with van der Waals surface area (Å²) in [5.74, 6) is -0.770. The van der Waals surface area contributed by atoms with Crippen LogP contribution in [0.1, 0.15) is 38.2 Å². The van der Waals surface area contributed by atoms with Crippen LogP contribution in [0, 0.1) is 6.92 Å². The van der Waals surface area contributed by atoms with Crippen LogP contribution in [0.2, 0.25) is 5.02 Å². The van der Waals surface area contributed by atoms with Crippen LogP contribution < -0.4 is 0 Å². The Morgan fingerprint density at radius 1 is 1.15 bits per heavy atom. The summed E-state index contributed by atoms with van der Waals surface area (Å²) >= 11 is 7.28. The number of halogens is 1. The number of thiophene rings is 1. The molecule has 0 radical (unpaired) electrons. The number of esters is 1. The number of nitrogens with one attached hydrogen (secondary N) is 1. The number of benzene rings is 2. The second kappa shape index (κ2) is 8.50. The number of carbonyl (C=O) groups is 2. The summed E-state index contributed by atoms with van der Waals surface area (Å²) in [5, 5.41) is 6.93. The van der Waals surface area contributed by atoms with E-state index in [1.54, 1.807) is 29.1 Å². The minimum Gasteiger partial charge on any atom is -0.453 e. The number of H-pyrrole nitrogens is 1. The van der Waals surface area contributed by atoms with Crippen LogP contribution in [0.4, 0.5) is 0 Å². The Hall–Kier alpha value is -3.42. The predicted molar refractivity (Wildman–Crippen MR) is 131 cm³/mol. The minimum atomic E-state index is -0.527. The number of aromatic nitrogens is 3. The van der Waals surface area contributed by atoms with Gasteiger partial charge in [-0.2, -0.15) is 5.10 Å². The summed E-state index contributed by atoms with van der Waals surface area (Å²) < 4.78 is 7.16.